The number of nitriles is 1. The molecule has 6 heteroatoms. The SMILES string of the molecule is COc1ccc(CN(C(=O)Nc2cccc(C#N)c2)C2CCCCC2)cc1OCc1ccccc1. The summed E-state index contributed by atoms with van der Waals surface area (Å²) in [6.07, 6.45) is 5.41. The Morgan fingerprint density at radius 2 is 1.77 bits per heavy atom. The fraction of sp³-hybridized carbons (Fsp3) is 0.310. The summed E-state index contributed by atoms with van der Waals surface area (Å²) in [5.74, 6) is 1.31. The molecule has 0 spiro atoms. The summed E-state index contributed by atoms with van der Waals surface area (Å²) in [6.45, 7) is 0.892. The quantitative estimate of drug-likeness (QED) is 0.408. The molecule has 0 aliphatic heterocycles. The van der Waals surface area contributed by atoms with Gasteiger partial charge < -0.3 is 19.7 Å². The van der Waals surface area contributed by atoms with E-state index >= 15 is 0 Å². The van der Waals surface area contributed by atoms with Crippen molar-refractivity contribution in [1.29, 1.82) is 5.26 Å². The van der Waals surface area contributed by atoms with Crippen LogP contribution in [-0.2, 0) is 13.2 Å². The second-order valence-corrected chi connectivity index (χ2v) is 8.80. The lowest BCUT2D eigenvalue weighted by atomic mass is 9.94. The van der Waals surface area contributed by atoms with Crippen molar-refractivity contribution in [3.8, 4) is 17.6 Å². The molecule has 0 saturated heterocycles. The van der Waals surface area contributed by atoms with Crippen molar-refractivity contribution in [2.24, 2.45) is 0 Å². The average molecular weight is 470 g/mol. The maximum absolute atomic E-state index is 13.4. The zero-order valence-corrected chi connectivity index (χ0v) is 20.1. The number of nitrogens with one attached hydrogen (secondary N) is 1. The van der Waals surface area contributed by atoms with E-state index in [1.165, 1.54) is 6.42 Å². The fourth-order valence-corrected chi connectivity index (χ4v) is 4.49. The first-order chi connectivity index (χ1) is 17.2. The van der Waals surface area contributed by atoms with Crippen molar-refractivity contribution in [1.82, 2.24) is 4.90 Å². The second kappa shape index (κ2) is 11.9. The van der Waals surface area contributed by atoms with Gasteiger partial charge in [0.1, 0.15) is 6.61 Å². The van der Waals surface area contributed by atoms with E-state index in [0.717, 1.165) is 36.8 Å². The molecule has 0 radical (unpaired) electrons. The molecule has 3 aromatic rings. The maximum atomic E-state index is 13.4. The van der Waals surface area contributed by atoms with Crippen LogP contribution in [0.25, 0.3) is 0 Å². The number of benzene rings is 3. The van der Waals surface area contributed by atoms with E-state index in [-0.39, 0.29) is 12.1 Å². The van der Waals surface area contributed by atoms with Gasteiger partial charge in [-0.1, -0.05) is 61.7 Å². The van der Waals surface area contributed by atoms with Gasteiger partial charge in [-0.25, -0.2) is 4.79 Å². The molecule has 1 N–H and O–H groups in total. The van der Waals surface area contributed by atoms with Crippen LogP contribution in [0.3, 0.4) is 0 Å². The summed E-state index contributed by atoms with van der Waals surface area (Å²) < 4.78 is 11.6. The van der Waals surface area contributed by atoms with Gasteiger partial charge in [0, 0.05) is 18.3 Å². The van der Waals surface area contributed by atoms with Crippen LogP contribution in [0, 0.1) is 11.3 Å². The number of urea groups is 1. The van der Waals surface area contributed by atoms with Crippen molar-refractivity contribution < 1.29 is 14.3 Å². The van der Waals surface area contributed by atoms with E-state index in [1.54, 1.807) is 31.4 Å². The number of anilines is 1. The molecular weight excluding hydrogens is 438 g/mol. The van der Waals surface area contributed by atoms with E-state index < -0.39 is 0 Å². The van der Waals surface area contributed by atoms with Gasteiger partial charge in [-0.15, -0.1) is 0 Å². The number of hydrogen-bond acceptors (Lipinski definition) is 4. The molecule has 0 aromatic heterocycles. The van der Waals surface area contributed by atoms with Crippen molar-refractivity contribution in [2.75, 3.05) is 12.4 Å². The highest BCUT2D eigenvalue weighted by Gasteiger charge is 2.26. The van der Waals surface area contributed by atoms with Gasteiger partial charge in [0.15, 0.2) is 11.5 Å². The van der Waals surface area contributed by atoms with Gasteiger partial charge in [-0.3, -0.25) is 0 Å². The summed E-state index contributed by atoms with van der Waals surface area (Å²) in [5, 5.41) is 12.2. The molecule has 0 heterocycles. The monoisotopic (exact) mass is 469 g/mol. The lowest BCUT2D eigenvalue weighted by Crippen LogP contribution is -2.43. The molecule has 1 aliphatic carbocycles. The summed E-state index contributed by atoms with van der Waals surface area (Å²) in [5.41, 5.74) is 3.18. The van der Waals surface area contributed by atoms with Crippen molar-refractivity contribution in [2.45, 2.75) is 51.3 Å². The zero-order valence-electron chi connectivity index (χ0n) is 20.1. The Morgan fingerprint density at radius 1 is 0.971 bits per heavy atom. The van der Waals surface area contributed by atoms with Gasteiger partial charge in [-0.05, 0) is 54.3 Å². The van der Waals surface area contributed by atoms with Crippen LogP contribution in [0.2, 0.25) is 0 Å². The zero-order chi connectivity index (χ0) is 24.5. The Hall–Kier alpha value is -3.98. The number of nitrogens with zero attached hydrogens (tertiary/aromatic N) is 2. The summed E-state index contributed by atoms with van der Waals surface area (Å²) in [6, 6.07) is 25.0. The molecule has 0 unspecified atom stereocenters. The fourth-order valence-electron chi connectivity index (χ4n) is 4.49. The van der Waals surface area contributed by atoms with E-state index in [9.17, 15) is 10.1 Å². The van der Waals surface area contributed by atoms with Gasteiger partial charge in [0.05, 0.1) is 18.7 Å². The predicted octanol–water partition coefficient (Wildman–Crippen LogP) is 6.51. The third kappa shape index (κ3) is 6.54. The first kappa shape index (κ1) is 24.2. The molecule has 6 nitrogen and oxygen atoms in total. The average Bonchev–Trinajstić information content (AvgIpc) is 2.91. The Labute approximate surface area is 207 Å². The minimum absolute atomic E-state index is 0.158. The molecule has 3 aromatic carbocycles. The topological polar surface area (TPSA) is 74.6 Å². The van der Waals surface area contributed by atoms with Crippen LogP contribution in [0.4, 0.5) is 10.5 Å². The Morgan fingerprint density at radius 3 is 2.51 bits per heavy atom. The molecule has 1 saturated carbocycles. The van der Waals surface area contributed by atoms with Crippen LogP contribution < -0.4 is 14.8 Å². The number of carbonyl (C=O) groups is 1. The van der Waals surface area contributed by atoms with Gasteiger partial charge in [0.25, 0.3) is 0 Å². The standard InChI is InChI=1S/C29H31N3O3/c1-34-27-16-15-24(18-28(27)35-21-22-9-4-2-5-10-22)20-32(26-13-6-3-7-14-26)29(33)31-25-12-8-11-23(17-25)19-30/h2,4-5,8-12,15-18,26H,3,6-7,13-14,20-21H2,1H3,(H,31,33). The van der Waals surface area contributed by atoms with Gasteiger partial charge in [-0.2, -0.15) is 5.26 Å². The number of ether oxygens (including phenoxy) is 2. The molecule has 180 valence electrons. The normalized spacial score (nSPS) is 13.5. The molecule has 1 aliphatic rings. The maximum Gasteiger partial charge on any atom is 0.322 e. The van der Waals surface area contributed by atoms with Gasteiger partial charge >= 0.3 is 6.03 Å². The Kier molecular flexibility index (Phi) is 8.24. The van der Waals surface area contributed by atoms with Crippen molar-refractivity contribution in [3.63, 3.8) is 0 Å². The largest absolute Gasteiger partial charge is 0.493 e. The number of rotatable bonds is 8. The van der Waals surface area contributed by atoms with Crippen LogP contribution in [0.15, 0.2) is 72.8 Å². The summed E-state index contributed by atoms with van der Waals surface area (Å²) in [4.78, 5) is 15.3. The third-order valence-electron chi connectivity index (χ3n) is 6.34. The number of amides is 2. The Balaban J connectivity index is 1.53. The number of hydrogen-bond donors (Lipinski definition) is 1. The lowest BCUT2D eigenvalue weighted by molar-refractivity contribution is 0.162. The molecule has 4 rings (SSSR count). The highest BCUT2D eigenvalue weighted by Crippen LogP contribution is 2.31. The molecule has 0 atom stereocenters. The van der Waals surface area contributed by atoms with Crippen LogP contribution in [-0.4, -0.2) is 24.1 Å². The van der Waals surface area contributed by atoms with Crippen molar-refractivity contribution >= 4 is 11.7 Å². The summed E-state index contributed by atoms with van der Waals surface area (Å²) >= 11 is 0. The van der Waals surface area contributed by atoms with E-state index in [1.807, 2.05) is 53.4 Å². The molecule has 0 bridgehead atoms. The minimum Gasteiger partial charge on any atom is -0.493 e. The highest BCUT2D eigenvalue weighted by molar-refractivity contribution is 5.89. The van der Waals surface area contributed by atoms with Crippen LogP contribution in [0.5, 0.6) is 11.5 Å². The van der Waals surface area contributed by atoms with Gasteiger partial charge in [0.2, 0.25) is 0 Å². The van der Waals surface area contributed by atoms with Crippen LogP contribution in [0.1, 0.15) is 48.8 Å². The molecule has 2 amide bonds. The van der Waals surface area contributed by atoms with Crippen LogP contribution >= 0.6 is 0 Å². The Bertz CT molecular complexity index is 1170. The molecular formula is C29H31N3O3. The minimum atomic E-state index is -0.158. The molecule has 35 heavy (non-hydrogen) atoms. The van der Waals surface area contributed by atoms with E-state index in [4.69, 9.17) is 9.47 Å². The second-order valence-electron chi connectivity index (χ2n) is 8.80. The van der Waals surface area contributed by atoms with E-state index in [2.05, 4.69) is 11.4 Å². The number of methoxy groups -OCH3 is 1. The smallest absolute Gasteiger partial charge is 0.322 e. The van der Waals surface area contributed by atoms with E-state index in [0.29, 0.717) is 35.9 Å². The number of carbonyl (C=O) groups excluding carboxylic acids is 1. The van der Waals surface area contributed by atoms with Crippen molar-refractivity contribution in [3.05, 3.63) is 89.5 Å². The summed E-state index contributed by atoms with van der Waals surface area (Å²) in [7, 11) is 1.63. The molecule has 1 fully saturated rings. The first-order valence-corrected chi connectivity index (χ1v) is 12.1. The lowest BCUT2D eigenvalue weighted by Gasteiger charge is -2.34. The first-order valence-electron chi connectivity index (χ1n) is 12.1. The third-order valence-corrected chi connectivity index (χ3v) is 6.34. The predicted molar refractivity (Wildman–Crippen MR) is 136 cm³/mol. The highest BCUT2D eigenvalue weighted by atomic mass is 16.5.